The van der Waals surface area contributed by atoms with Crippen molar-refractivity contribution in [1.29, 1.82) is 0 Å². The zero-order chi connectivity index (χ0) is 14.8. The maximum Gasteiger partial charge on any atom is 0.354 e. The number of nitrogens with zero attached hydrogens (tertiary/aromatic N) is 3. The van der Waals surface area contributed by atoms with E-state index in [1.165, 1.54) is 0 Å². The molecule has 0 amide bonds. The lowest BCUT2D eigenvalue weighted by molar-refractivity contribution is 0.0687. The third-order valence-corrected chi connectivity index (χ3v) is 3.24. The second-order valence-electron chi connectivity index (χ2n) is 4.58. The van der Waals surface area contributed by atoms with Crippen molar-refractivity contribution in [2.75, 3.05) is 0 Å². The minimum Gasteiger partial charge on any atom is -0.477 e. The Balaban J connectivity index is 2.24. The first kappa shape index (κ1) is 13.1. The van der Waals surface area contributed by atoms with Crippen molar-refractivity contribution in [3.63, 3.8) is 0 Å². The van der Waals surface area contributed by atoms with E-state index in [0.29, 0.717) is 17.2 Å². The fourth-order valence-electron chi connectivity index (χ4n) is 2.26. The molecule has 0 radical (unpaired) electrons. The van der Waals surface area contributed by atoms with Crippen molar-refractivity contribution < 1.29 is 9.90 Å². The molecule has 3 rings (SSSR count). The quantitative estimate of drug-likeness (QED) is 0.800. The summed E-state index contributed by atoms with van der Waals surface area (Å²) in [6, 6.07) is 14.7. The largest absolute Gasteiger partial charge is 0.477 e. The Kier molecular flexibility index (Phi) is 3.23. The summed E-state index contributed by atoms with van der Waals surface area (Å²) < 4.78 is 1.56. The van der Waals surface area contributed by atoms with E-state index < -0.39 is 5.97 Å². The number of imidazole rings is 1. The van der Waals surface area contributed by atoms with Gasteiger partial charge in [0.2, 0.25) is 0 Å². The van der Waals surface area contributed by atoms with E-state index in [4.69, 9.17) is 0 Å². The van der Waals surface area contributed by atoms with E-state index in [9.17, 15) is 9.90 Å². The lowest BCUT2D eigenvalue weighted by Crippen LogP contribution is -2.07. The van der Waals surface area contributed by atoms with Crippen molar-refractivity contribution in [2.24, 2.45) is 7.05 Å². The van der Waals surface area contributed by atoms with Gasteiger partial charge in [-0.2, -0.15) is 0 Å². The van der Waals surface area contributed by atoms with E-state index in [2.05, 4.69) is 9.97 Å². The average Bonchev–Trinajstić information content (AvgIpc) is 2.87. The molecule has 104 valence electrons. The summed E-state index contributed by atoms with van der Waals surface area (Å²) in [6.45, 7) is 0. The second-order valence-corrected chi connectivity index (χ2v) is 4.58. The standard InChI is InChI=1S/C16H13N3O2/c1-19-14(16(20)21)13(11-7-3-2-4-8-11)18-15(19)12-9-5-6-10-17-12/h2-10H,1H3,(H,20,21). The predicted molar refractivity (Wildman–Crippen MR) is 78.8 cm³/mol. The fourth-order valence-corrected chi connectivity index (χ4v) is 2.26. The summed E-state index contributed by atoms with van der Waals surface area (Å²) >= 11 is 0. The normalized spacial score (nSPS) is 10.5. The highest BCUT2D eigenvalue weighted by atomic mass is 16.4. The van der Waals surface area contributed by atoms with Crippen LogP contribution in [0.2, 0.25) is 0 Å². The summed E-state index contributed by atoms with van der Waals surface area (Å²) in [5.41, 5.74) is 2.02. The molecule has 0 saturated heterocycles. The number of aromatic nitrogens is 3. The van der Waals surface area contributed by atoms with Crippen LogP contribution in [0.3, 0.4) is 0 Å². The molecule has 0 fully saturated rings. The smallest absolute Gasteiger partial charge is 0.354 e. The Morgan fingerprint density at radius 2 is 1.81 bits per heavy atom. The molecule has 2 aromatic heterocycles. The first-order chi connectivity index (χ1) is 10.2. The molecular weight excluding hydrogens is 266 g/mol. The van der Waals surface area contributed by atoms with Crippen LogP contribution in [0.4, 0.5) is 0 Å². The first-order valence-electron chi connectivity index (χ1n) is 6.45. The summed E-state index contributed by atoms with van der Waals surface area (Å²) in [5, 5.41) is 9.49. The molecule has 0 spiro atoms. The van der Waals surface area contributed by atoms with Gasteiger partial charge in [-0.25, -0.2) is 9.78 Å². The maximum absolute atomic E-state index is 11.6. The van der Waals surface area contributed by atoms with Crippen molar-refractivity contribution in [3.05, 3.63) is 60.4 Å². The second kappa shape index (κ2) is 5.20. The number of aromatic carboxylic acids is 1. The molecule has 0 aliphatic carbocycles. The minimum absolute atomic E-state index is 0.154. The van der Waals surface area contributed by atoms with Crippen LogP contribution in [-0.2, 0) is 7.05 Å². The van der Waals surface area contributed by atoms with Crippen LogP contribution < -0.4 is 0 Å². The van der Waals surface area contributed by atoms with Gasteiger partial charge in [0, 0.05) is 18.8 Å². The molecule has 1 aromatic carbocycles. The van der Waals surface area contributed by atoms with E-state index >= 15 is 0 Å². The van der Waals surface area contributed by atoms with Gasteiger partial charge < -0.3 is 9.67 Å². The van der Waals surface area contributed by atoms with Gasteiger partial charge in [-0.1, -0.05) is 36.4 Å². The van der Waals surface area contributed by atoms with Crippen LogP contribution in [0.25, 0.3) is 22.8 Å². The molecule has 0 unspecified atom stereocenters. The Bertz CT molecular complexity index is 780. The topological polar surface area (TPSA) is 68.0 Å². The van der Waals surface area contributed by atoms with Gasteiger partial charge in [0.15, 0.2) is 11.5 Å². The SMILES string of the molecule is Cn1c(-c2ccccn2)nc(-c2ccccc2)c1C(=O)O. The van der Waals surface area contributed by atoms with Crippen molar-refractivity contribution in [2.45, 2.75) is 0 Å². The molecule has 1 N–H and O–H groups in total. The number of hydrogen-bond donors (Lipinski definition) is 1. The van der Waals surface area contributed by atoms with E-state index in [1.54, 1.807) is 17.8 Å². The maximum atomic E-state index is 11.6. The summed E-state index contributed by atoms with van der Waals surface area (Å²) in [7, 11) is 1.69. The molecular formula is C16H13N3O2. The van der Waals surface area contributed by atoms with E-state index in [-0.39, 0.29) is 5.69 Å². The minimum atomic E-state index is -1.01. The molecule has 0 atom stereocenters. The Morgan fingerprint density at radius 1 is 1.10 bits per heavy atom. The van der Waals surface area contributed by atoms with Gasteiger partial charge in [-0.15, -0.1) is 0 Å². The van der Waals surface area contributed by atoms with Crippen LogP contribution in [0.15, 0.2) is 54.7 Å². The molecule has 2 heterocycles. The molecule has 3 aromatic rings. The highest BCUT2D eigenvalue weighted by molar-refractivity contribution is 5.94. The Labute approximate surface area is 121 Å². The number of pyridine rings is 1. The zero-order valence-corrected chi connectivity index (χ0v) is 11.4. The van der Waals surface area contributed by atoms with Gasteiger partial charge in [0.1, 0.15) is 11.4 Å². The highest BCUT2D eigenvalue weighted by Crippen LogP contribution is 2.27. The molecule has 5 heteroatoms. The van der Waals surface area contributed by atoms with Gasteiger partial charge in [0.05, 0.1) is 0 Å². The Morgan fingerprint density at radius 3 is 2.43 bits per heavy atom. The molecule has 5 nitrogen and oxygen atoms in total. The summed E-state index contributed by atoms with van der Waals surface area (Å²) in [5.74, 6) is -0.474. The highest BCUT2D eigenvalue weighted by Gasteiger charge is 2.22. The third kappa shape index (κ3) is 2.29. The first-order valence-corrected chi connectivity index (χ1v) is 6.45. The molecule has 0 bridgehead atoms. The van der Waals surface area contributed by atoms with Crippen molar-refractivity contribution in [1.82, 2.24) is 14.5 Å². The van der Waals surface area contributed by atoms with Crippen LogP contribution in [0, 0.1) is 0 Å². The number of carboxylic acid groups (broad SMARTS) is 1. The summed E-state index contributed by atoms with van der Waals surface area (Å²) in [4.78, 5) is 20.3. The fraction of sp³-hybridized carbons (Fsp3) is 0.0625. The van der Waals surface area contributed by atoms with E-state index in [1.807, 2.05) is 48.5 Å². The Hall–Kier alpha value is -2.95. The summed E-state index contributed by atoms with van der Waals surface area (Å²) in [6.07, 6.45) is 1.66. The number of carboxylic acids is 1. The molecule has 21 heavy (non-hydrogen) atoms. The number of carbonyl (C=O) groups is 1. The van der Waals surface area contributed by atoms with Crippen molar-refractivity contribution >= 4 is 5.97 Å². The van der Waals surface area contributed by atoms with Crippen LogP contribution in [0.1, 0.15) is 10.5 Å². The average molecular weight is 279 g/mol. The van der Waals surface area contributed by atoms with Gasteiger partial charge in [0.25, 0.3) is 0 Å². The van der Waals surface area contributed by atoms with Crippen LogP contribution in [0.5, 0.6) is 0 Å². The molecule has 0 aliphatic rings. The van der Waals surface area contributed by atoms with Crippen molar-refractivity contribution in [3.8, 4) is 22.8 Å². The lowest BCUT2D eigenvalue weighted by atomic mass is 10.1. The zero-order valence-electron chi connectivity index (χ0n) is 11.4. The van der Waals surface area contributed by atoms with Crippen LogP contribution >= 0.6 is 0 Å². The monoisotopic (exact) mass is 279 g/mol. The van der Waals surface area contributed by atoms with Crippen LogP contribution in [-0.4, -0.2) is 25.6 Å². The van der Waals surface area contributed by atoms with Gasteiger partial charge in [-0.05, 0) is 12.1 Å². The van der Waals surface area contributed by atoms with Gasteiger partial charge in [-0.3, -0.25) is 4.98 Å². The number of rotatable bonds is 3. The number of hydrogen-bond acceptors (Lipinski definition) is 3. The number of benzene rings is 1. The van der Waals surface area contributed by atoms with E-state index in [0.717, 1.165) is 5.56 Å². The third-order valence-electron chi connectivity index (χ3n) is 3.24. The van der Waals surface area contributed by atoms with Gasteiger partial charge >= 0.3 is 5.97 Å². The predicted octanol–water partition coefficient (Wildman–Crippen LogP) is 2.85. The molecule has 0 aliphatic heterocycles. The molecule has 0 saturated carbocycles. The lowest BCUT2D eigenvalue weighted by Gasteiger charge is -2.02.